The zero-order valence-corrected chi connectivity index (χ0v) is 12.7. The van der Waals surface area contributed by atoms with Crippen molar-refractivity contribution in [3.63, 3.8) is 0 Å². The van der Waals surface area contributed by atoms with Crippen molar-refractivity contribution in [2.75, 3.05) is 24.9 Å². The van der Waals surface area contributed by atoms with Crippen molar-refractivity contribution in [3.05, 3.63) is 24.0 Å². The minimum absolute atomic E-state index is 0.488. The molecule has 0 fully saturated rings. The lowest BCUT2D eigenvalue weighted by Gasteiger charge is -2.09. The monoisotopic (exact) mass is 305 g/mol. The predicted molar refractivity (Wildman–Crippen MR) is 83.4 cm³/mol. The van der Waals surface area contributed by atoms with Gasteiger partial charge >= 0.3 is 0 Å². The van der Waals surface area contributed by atoms with Crippen LogP contribution in [0.4, 0.5) is 5.95 Å². The summed E-state index contributed by atoms with van der Waals surface area (Å²) in [5.74, 6) is 2.57. The molecule has 0 saturated heterocycles. The predicted octanol–water partition coefficient (Wildman–Crippen LogP) is 2.50. The molecular formula is C14H16ClN5O. The maximum absolute atomic E-state index is 5.79. The molecule has 0 atom stereocenters. The SMILES string of the molecule is CCNc1nc2c(OC)cccc2c2nc(CCCl)nn12. The summed E-state index contributed by atoms with van der Waals surface area (Å²) in [7, 11) is 1.64. The molecular weight excluding hydrogens is 290 g/mol. The summed E-state index contributed by atoms with van der Waals surface area (Å²) in [4.78, 5) is 9.21. The van der Waals surface area contributed by atoms with Gasteiger partial charge < -0.3 is 10.1 Å². The summed E-state index contributed by atoms with van der Waals surface area (Å²) >= 11 is 5.79. The number of rotatable bonds is 5. The van der Waals surface area contributed by atoms with Crippen LogP contribution in [0.3, 0.4) is 0 Å². The first-order chi connectivity index (χ1) is 10.3. The number of halogens is 1. The van der Waals surface area contributed by atoms with Crippen molar-refractivity contribution in [1.82, 2.24) is 19.6 Å². The molecule has 2 heterocycles. The molecule has 6 nitrogen and oxygen atoms in total. The fourth-order valence-electron chi connectivity index (χ4n) is 2.28. The number of hydrogen-bond acceptors (Lipinski definition) is 5. The average molecular weight is 306 g/mol. The molecule has 0 spiro atoms. The number of aryl methyl sites for hydroxylation is 1. The van der Waals surface area contributed by atoms with Crippen LogP contribution in [-0.4, -0.2) is 39.1 Å². The summed E-state index contributed by atoms with van der Waals surface area (Å²) in [6, 6.07) is 5.78. The van der Waals surface area contributed by atoms with Gasteiger partial charge in [-0.3, -0.25) is 0 Å². The number of methoxy groups -OCH3 is 1. The number of nitrogens with zero attached hydrogens (tertiary/aromatic N) is 4. The third-order valence-corrected chi connectivity index (χ3v) is 3.37. The van der Waals surface area contributed by atoms with Crippen molar-refractivity contribution in [2.45, 2.75) is 13.3 Å². The van der Waals surface area contributed by atoms with Crippen molar-refractivity contribution in [2.24, 2.45) is 0 Å². The highest BCUT2D eigenvalue weighted by Crippen LogP contribution is 2.28. The molecule has 21 heavy (non-hydrogen) atoms. The smallest absolute Gasteiger partial charge is 0.226 e. The third-order valence-electron chi connectivity index (χ3n) is 3.18. The van der Waals surface area contributed by atoms with Gasteiger partial charge in [0.2, 0.25) is 5.95 Å². The maximum Gasteiger partial charge on any atom is 0.226 e. The van der Waals surface area contributed by atoms with Gasteiger partial charge in [-0.15, -0.1) is 16.7 Å². The van der Waals surface area contributed by atoms with Crippen LogP contribution in [0.5, 0.6) is 5.75 Å². The Morgan fingerprint density at radius 2 is 2.19 bits per heavy atom. The highest BCUT2D eigenvalue weighted by atomic mass is 35.5. The summed E-state index contributed by atoms with van der Waals surface area (Å²) in [5, 5.41) is 8.60. The van der Waals surface area contributed by atoms with E-state index in [1.54, 1.807) is 11.6 Å². The maximum atomic E-state index is 5.79. The fraction of sp³-hybridized carbons (Fsp3) is 0.357. The second kappa shape index (κ2) is 5.73. The molecule has 110 valence electrons. The molecule has 0 aliphatic rings. The summed E-state index contributed by atoms with van der Waals surface area (Å²) < 4.78 is 7.12. The lowest BCUT2D eigenvalue weighted by atomic mass is 10.2. The van der Waals surface area contributed by atoms with E-state index in [1.165, 1.54) is 0 Å². The van der Waals surface area contributed by atoms with Crippen molar-refractivity contribution < 1.29 is 4.74 Å². The topological polar surface area (TPSA) is 64.3 Å². The van der Waals surface area contributed by atoms with Gasteiger partial charge in [0.05, 0.1) is 7.11 Å². The summed E-state index contributed by atoms with van der Waals surface area (Å²) in [6.07, 6.45) is 0.625. The lowest BCUT2D eigenvalue weighted by molar-refractivity contribution is 0.419. The Balaban J connectivity index is 2.35. The Morgan fingerprint density at radius 3 is 2.90 bits per heavy atom. The van der Waals surface area contributed by atoms with Crippen LogP contribution < -0.4 is 10.1 Å². The molecule has 0 amide bonds. The van der Waals surface area contributed by atoms with Crippen molar-refractivity contribution >= 4 is 34.1 Å². The van der Waals surface area contributed by atoms with Gasteiger partial charge in [-0.05, 0) is 19.1 Å². The fourth-order valence-corrected chi connectivity index (χ4v) is 2.44. The second-order valence-electron chi connectivity index (χ2n) is 4.52. The molecule has 3 rings (SSSR count). The normalized spacial score (nSPS) is 11.2. The molecule has 1 N–H and O–H groups in total. The lowest BCUT2D eigenvalue weighted by Crippen LogP contribution is -2.07. The van der Waals surface area contributed by atoms with E-state index < -0.39 is 0 Å². The zero-order valence-electron chi connectivity index (χ0n) is 11.9. The number of benzene rings is 1. The molecule has 0 saturated carbocycles. The van der Waals surface area contributed by atoms with E-state index in [-0.39, 0.29) is 0 Å². The Hall–Kier alpha value is -2.08. The average Bonchev–Trinajstić information content (AvgIpc) is 2.92. The van der Waals surface area contributed by atoms with Crippen LogP contribution in [0, 0.1) is 0 Å². The number of anilines is 1. The van der Waals surface area contributed by atoms with Crippen LogP contribution >= 0.6 is 11.6 Å². The highest BCUT2D eigenvalue weighted by molar-refractivity contribution is 6.17. The highest BCUT2D eigenvalue weighted by Gasteiger charge is 2.15. The van der Waals surface area contributed by atoms with Gasteiger partial charge in [0.1, 0.15) is 11.3 Å². The Kier molecular flexibility index (Phi) is 3.79. The molecule has 2 aromatic heterocycles. The molecule has 1 aromatic carbocycles. The Morgan fingerprint density at radius 1 is 1.33 bits per heavy atom. The van der Waals surface area contributed by atoms with Gasteiger partial charge in [-0.2, -0.15) is 4.52 Å². The van der Waals surface area contributed by atoms with E-state index in [9.17, 15) is 0 Å². The number of nitrogens with one attached hydrogen (secondary N) is 1. The van der Waals surface area contributed by atoms with Gasteiger partial charge in [0.15, 0.2) is 11.5 Å². The van der Waals surface area contributed by atoms with Gasteiger partial charge in [0, 0.05) is 24.2 Å². The Labute approximate surface area is 127 Å². The standard InChI is InChI=1S/C14H16ClN5O/c1-3-16-14-18-12-9(5-4-6-10(12)21-2)13-17-11(7-8-15)19-20(13)14/h4-6H,3,7-8H2,1-2H3,(H,16,18). The van der Waals surface area contributed by atoms with E-state index in [4.69, 9.17) is 16.3 Å². The number of alkyl halides is 1. The molecule has 0 aliphatic heterocycles. The summed E-state index contributed by atoms with van der Waals surface area (Å²) in [6.45, 7) is 2.75. The molecule has 0 aliphatic carbocycles. The van der Waals surface area contributed by atoms with Gasteiger partial charge in [0.25, 0.3) is 0 Å². The van der Waals surface area contributed by atoms with Crippen molar-refractivity contribution in [3.8, 4) is 5.75 Å². The van der Waals surface area contributed by atoms with Crippen molar-refractivity contribution in [1.29, 1.82) is 0 Å². The molecule has 0 unspecified atom stereocenters. The number of hydrogen-bond donors (Lipinski definition) is 1. The second-order valence-corrected chi connectivity index (χ2v) is 4.90. The van der Waals surface area contributed by atoms with Crippen LogP contribution in [0.2, 0.25) is 0 Å². The summed E-state index contributed by atoms with van der Waals surface area (Å²) in [5.41, 5.74) is 1.53. The van der Waals surface area contributed by atoms with E-state index in [2.05, 4.69) is 20.4 Å². The number of para-hydroxylation sites is 1. The number of aromatic nitrogens is 4. The number of fused-ring (bicyclic) bond motifs is 3. The first kappa shape index (κ1) is 13.9. The minimum atomic E-state index is 0.488. The van der Waals surface area contributed by atoms with Gasteiger partial charge in [-0.1, -0.05) is 6.07 Å². The molecule has 7 heteroatoms. The van der Waals surface area contributed by atoms with Crippen LogP contribution in [0.15, 0.2) is 18.2 Å². The van der Waals surface area contributed by atoms with Crippen LogP contribution in [-0.2, 0) is 6.42 Å². The van der Waals surface area contributed by atoms with E-state index in [0.29, 0.717) is 24.1 Å². The van der Waals surface area contributed by atoms with Gasteiger partial charge in [-0.25, -0.2) is 9.97 Å². The Bertz CT molecular complexity index is 786. The molecule has 3 aromatic rings. The minimum Gasteiger partial charge on any atom is -0.494 e. The van der Waals surface area contributed by atoms with Crippen LogP contribution in [0.25, 0.3) is 16.6 Å². The molecule has 0 radical (unpaired) electrons. The third kappa shape index (κ3) is 2.35. The van der Waals surface area contributed by atoms with Crippen LogP contribution in [0.1, 0.15) is 12.7 Å². The quantitative estimate of drug-likeness (QED) is 0.734. The zero-order chi connectivity index (χ0) is 14.8. The van der Waals surface area contributed by atoms with E-state index >= 15 is 0 Å². The van der Waals surface area contributed by atoms with E-state index in [0.717, 1.165) is 28.8 Å². The largest absolute Gasteiger partial charge is 0.494 e. The molecule has 0 bridgehead atoms. The first-order valence-corrected chi connectivity index (χ1v) is 7.34. The first-order valence-electron chi connectivity index (χ1n) is 6.80. The van der Waals surface area contributed by atoms with E-state index in [1.807, 2.05) is 25.1 Å². The number of ether oxygens (including phenoxy) is 1.